The first-order chi connectivity index (χ1) is 13.2. The lowest BCUT2D eigenvalue weighted by Gasteiger charge is -2.18. The molecule has 0 saturated heterocycles. The minimum Gasteiger partial charge on any atom is -0.467 e. The highest BCUT2D eigenvalue weighted by Crippen LogP contribution is 2.29. The Bertz CT molecular complexity index is 825. The summed E-state index contributed by atoms with van der Waals surface area (Å²) in [7, 11) is 1.12. The highest BCUT2D eigenvalue weighted by molar-refractivity contribution is 5.93. The Kier molecular flexibility index (Phi) is 6.80. The topological polar surface area (TPSA) is 76.7 Å². The van der Waals surface area contributed by atoms with Gasteiger partial charge in [0.25, 0.3) is 0 Å². The standard InChI is InChI=1S/C18H16F4N2O4/c1-27-16(25)14(10-11-6-8-12(19)9-7-11)24-17(26)23-13-4-2-3-5-15(13)28-18(20,21)22/h2-9,14H,10H2,1H3,(H2,23,24,26). The molecule has 150 valence electrons. The first-order valence-corrected chi connectivity index (χ1v) is 7.92. The molecule has 1 unspecified atom stereocenters. The third-order valence-corrected chi connectivity index (χ3v) is 3.51. The molecule has 2 rings (SSSR count). The molecular formula is C18H16F4N2O4. The van der Waals surface area contributed by atoms with E-state index in [1.807, 2.05) is 0 Å². The fraction of sp³-hybridized carbons (Fsp3) is 0.222. The van der Waals surface area contributed by atoms with Crippen LogP contribution in [0.15, 0.2) is 48.5 Å². The first kappa shape index (κ1) is 21.0. The zero-order valence-electron chi connectivity index (χ0n) is 14.5. The van der Waals surface area contributed by atoms with E-state index in [-0.39, 0.29) is 12.1 Å². The van der Waals surface area contributed by atoms with Crippen LogP contribution in [0.1, 0.15) is 5.56 Å². The molecule has 0 aliphatic heterocycles. The van der Waals surface area contributed by atoms with Gasteiger partial charge in [0, 0.05) is 6.42 Å². The lowest BCUT2D eigenvalue weighted by molar-refractivity contribution is -0.274. The van der Waals surface area contributed by atoms with E-state index < -0.39 is 36.0 Å². The zero-order chi connectivity index (χ0) is 20.7. The lowest BCUT2D eigenvalue weighted by atomic mass is 10.1. The summed E-state index contributed by atoms with van der Waals surface area (Å²) in [5.41, 5.74) is 0.292. The van der Waals surface area contributed by atoms with Gasteiger partial charge in [0.1, 0.15) is 11.9 Å². The molecule has 0 aliphatic carbocycles. The van der Waals surface area contributed by atoms with Crippen molar-refractivity contribution in [3.05, 3.63) is 59.9 Å². The highest BCUT2D eigenvalue weighted by Gasteiger charge is 2.32. The van der Waals surface area contributed by atoms with Crippen LogP contribution in [-0.4, -0.2) is 31.5 Å². The summed E-state index contributed by atoms with van der Waals surface area (Å²) in [5.74, 6) is -1.86. The number of amides is 2. The van der Waals surface area contributed by atoms with Crippen LogP contribution in [0, 0.1) is 5.82 Å². The van der Waals surface area contributed by atoms with Gasteiger partial charge in [-0.25, -0.2) is 14.0 Å². The van der Waals surface area contributed by atoms with Gasteiger partial charge in [-0.15, -0.1) is 13.2 Å². The van der Waals surface area contributed by atoms with Gasteiger partial charge in [0.2, 0.25) is 0 Å². The van der Waals surface area contributed by atoms with E-state index in [4.69, 9.17) is 0 Å². The van der Waals surface area contributed by atoms with Gasteiger partial charge >= 0.3 is 18.4 Å². The maximum absolute atomic E-state index is 13.0. The number of anilines is 1. The molecule has 0 aliphatic rings. The molecular weight excluding hydrogens is 384 g/mol. The van der Waals surface area contributed by atoms with E-state index in [0.717, 1.165) is 13.2 Å². The van der Waals surface area contributed by atoms with Crippen LogP contribution in [0.5, 0.6) is 5.75 Å². The Hall–Kier alpha value is -3.30. The molecule has 6 nitrogen and oxygen atoms in total. The molecule has 2 N–H and O–H groups in total. The summed E-state index contributed by atoms with van der Waals surface area (Å²) in [6.07, 6.45) is -4.95. The number of para-hydroxylation sites is 2. The summed E-state index contributed by atoms with van der Waals surface area (Å²) in [6, 6.07) is 8.07. The van der Waals surface area contributed by atoms with Crippen LogP contribution >= 0.6 is 0 Å². The van der Waals surface area contributed by atoms with Crippen molar-refractivity contribution in [2.75, 3.05) is 12.4 Å². The number of hydrogen-bond acceptors (Lipinski definition) is 4. The van der Waals surface area contributed by atoms with Crippen LogP contribution < -0.4 is 15.4 Å². The van der Waals surface area contributed by atoms with Crippen molar-refractivity contribution >= 4 is 17.7 Å². The maximum atomic E-state index is 13.0. The molecule has 0 fully saturated rings. The Morgan fingerprint density at radius 3 is 2.32 bits per heavy atom. The summed E-state index contributed by atoms with van der Waals surface area (Å²) in [4.78, 5) is 24.1. The smallest absolute Gasteiger partial charge is 0.467 e. The molecule has 0 aromatic heterocycles. The van der Waals surface area contributed by atoms with Crippen molar-refractivity contribution in [1.82, 2.24) is 5.32 Å². The first-order valence-electron chi connectivity index (χ1n) is 7.92. The van der Waals surface area contributed by atoms with Crippen LogP contribution in [-0.2, 0) is 16.0 Å². The number of methoxy groups -OCH3 is 1. The lowest BCUT2D eigenvalue weighted by Crippen LogP contribution is -2.45. The number of urea groups is 1. The van der Waals surface area contributed by atoms with E-state index >= 15 is 0 Å². The van der Waals surface area contributed by atoms with Gasteiger partial charge in [0.05, 0.1) is 12.8 Å². The van der Waals surface area contributed by atoms with Gasteiger partial charge in [-0.3, -0.25) is 0 Å². The number of halogens is 4. The number of rotatable bonds is 6. The third-order valence-electron chi connectivity index (χ3n) is 3.51. The third kappa shape index (κ3) is 6.45. The van der Waals surface area contributed by atoms with Crippen molar-refractivity contribution < 1.29 is 36.6 Å². The molecule has 2 aromatic rings. The van der Waals surface area contributed by atoms with Crippen molar-refractivity contribution in [3.8, 4) is 5.75 Å². The molecule has 10 heteroatoms. The van der Waals surface area contributed by atoms with Crippen molar-refractivity contribution in [2.24, 2.45) is 0 Å². The number of benzene rings is 2. The Balaban J connectivity index is 2.10. The predicted molar refractivity (Wildman–Crippen MR) is 91.2 cm³/mol. The fourth-order valence-electron chi connectivity index (χ4n) is 2.29. The monoisotopic (exact) mass is 400 g/mol. The van der Waals surface area contributed by atoms with Gasteiger partial charge in [-0.2, -0.15) is 0 Å². The number of nitrogens with one attached hydrogen (secondary N) is 2. The van der Waals surface area contributed by atoms with E-state index in [0.29, 0.717) is 5.56 Å². The second kappa shape index (κ2) is 9.07. The molecule has 2 aromatic carbocycles. The Morgan fingerprint density at radius 2 is 1.71 bits per heavy atom. The summed E-state index contributed by atoms with van der Waals surface area (Å²) in [6.45, 7) is 0. The average Bonchev–Trinajstić information content (AvgIpc) is 2.62. The number of carbonyl (C=O) groups excluding carboxylic acids is 2. The predicted octanol–water partition coefficient (Wildman–Crippen LogP) is 3.63. The molecule has 2 amide bonds. The maximum Gasteiger partial charge on any atom is 0.573 e. The largest absolute Gasteiger partial charge is 0.573 e. The van der Waals surface area contributed by atoms with Crippen LogP contribution in [0.4, 0.5) is 28.0 Å². The second-order valence-electron chi connectivity index (χ2n) is 5.55. The zero-order valence-corrected chi connectivity index (χ0v) is 14.5. The fourth-order valence-corrected chi connectivity index (χ4v) is 2.29. The van der Waals surface area contributed by atoms with E-state index in [9.17, 15) is 27.2 Å². The van der Waals surface area contributed by atoms with E-state index in [1.165, 1.54) is 42.5 Å². The average molecular weight is 400 g/mol. The minimum atomic E-state index is -4.94. The van der Waals surface area contributed by atoms with Crippen LogP contribution in [0.2, 0.25) is 0 Å². The van der Waals surface area contributed by atoms with E-state index in [1.54, 1.807) is 0 Å². The van der Waals surface area contributed by atoms with Crippen LogP contribution in [0.25, 0.3) is 0 Å². The molecule has 0 bridgehead atoms. The van der Waals surface area contributed by atoms with Gasteiger partial charge in [-0.05, 0) is 29.8 Å². The number of carbonyl (C=O) groups is 2. The van der Waals surface area contributed by atoms with Crippen molar-refractivity contribution in [3.63, 3.8) is 0 Å². The molecule has 0 heterocycles. The van der Waals surface area contributed by atoms with Gasteiger partial charge < -0.3 is 20.1 Å². The van der Waals surface area contributed by atoms with Gasteiger partial charge in [-0.1, -0.05) is 24.3 Å². The SMILES string of the molecule is COC(=O)C(Cc1ccc(F)cc1)NC(=O)Nc1ccccc1OC(F)(F)F. The number of esters is 1. The summed E-state index contributed by atoms with van der Waals surface area (Å²) < 4.78 is 58.8. The Morgan fingerprint density at radius 1 is 1.07 bits per heavy atom. The van der Waals surface area contributed by atoms with Crippen molar-refractivity contribution in [1.29, 1.82) is 0 Å². The minimum absolute atomic E-state index is 0.0128. The van der Waals surface area contributed by atoms with Crippen molar-refractivity contribution in [2.45, 2.75) is 18.8 Å². The molecule has 28 heavy (non-hydrogen) atoms. The quantitative estimate of drug-likeness (QED) is 0.574. The number of ether oxygens (including phenoxy) is 2. The molecule has 1 atom stereocenters. The summed E-state index contributed by atoms with van der Waals surface area (Å²) in [5, 5.41) is 4.51. The Labute approximate surface area is 157 Å². The number of alkyl halides is 3. The highest BCUT2D eigenvalue weighted by atomic mass is 19.4. The number of hydrogen-bond donors (Lipinski definition) is 2. The summed E-state index contributed by atoms with van der Waals surface area (Å²) >= 11 is 0. The molecule has 0 spiro atoms. The van der Waals surface area contributed by atoms with Crippen LogP contribution in [0.3, 0.4) is 0 Å². The molecule has 0 radical (unpaired) electrons. The van der Waals surface area contributed by atoms with E-state index in [2.05, 4.69) is 20.1 Å². The van der Waals surface area contributed by atoms with Gasteiger partial charge in [0.15, 0.2) is 5.75 Å². The second-order valence-corrected chi connectivity index (χ2v) is 5.55. The normalized spacial score (nSPS) is 12.0. The molecule has 0 saturated carbocycles.